The van der Waals surface area contributed by atoms with E-state index < -0.39 is 23.6 Å². The van der Waals surface area contributed by atoms with Crippen LogP contribution in [-0.2, 0) is 4.79 Å². The first kappa shape index (κ1) is 16.4. The Kier molecular flexibility index (Phi) is 5.11. The zero-order valence-electron chi connectivity index (χ0n) is 11.4. The summed E-state index contributed by atoms with van der Waals surface area (Å²) in [6.07, 6.45) is -0.867. The van der Waals surface area contributed by atoms with Crippen LogP contribution in [0, 0.1) is 5.82 Å². The van der Waals surface area contributed by atoms with Gasteiger partial charge in [0.25, 0.3) is 5.91 Å². The topological polar surface area (TPSA) is 58.6 Å². The van der Waals surface area contributed by atoms with E-state index in [1.54, 1.807) is 24.3 Å². The summed E-state index contributed by atoms with van der Waals surface area (Å²) < 4.78 is 19.1. The molecule has 0 aliphatic carbocycles. The van der Waals surface area contributed by atoms with E-state index in [9.17, 15) is 14.3 Å². The van der Waals surface area contributed by atoms with Crippen molar-refractivity contribution >= 4 is 34.8 Å². The summed E-state index contributed by atoms with van der Waals surface area (Å²) in [5.41, 5.74) is -0.139. The maximum atomic E-state index is 13.6. The number of hydrogen-bond donors (Lipinski definition) is 2. The van der Waals surface area contributed by atoms with E-state index in [0.717, 1.165) is 12.1 Å². The van der Waals surface area contributed by atoms with Gasteiger partial charge in [0, 0.05) is 11.1 Å². The van der Waals surface area contributed by atoms with Gasteiger partial charge in [-0.05, 0) is 37.3 Å². The Morgan fingerprint density at radius 3 is 2.55 bits per heavy atom. The number of amides is 1. The molecule has 2 aromatic rings. The first-order chi connectivity index (χ1) is 10.4. The standard InChI is InChI=1S/C15H12Cl2FNO3/c1-8(22-10-4-2-9(16)3-5-10)15(21)19-13-6-11(17)14(20)7-12(13)18/h2-8,20H,1H3,(H,19,21). The van der Waals surface area contributed by atoms with E-state index in [4.69, 9.17) is 27.9 Å². The van der Waals surface area contributed by atoms with Crippen molar-refractivity contribution in [2.45, 2.75) is 13.0 Å². The normalized spacial score (nSPS) is 11.8. The maximum Gasteiger partial charge on any atom is 0.265 e. The lowest BCUT2D eigenvalue weighted by molar-refractivity contribution is -0.122. The van der Waals surface area contributed by atoms with Gasteiger partial charge in [-0.25, -0.2) is 4.39 Å². The number of carbonyl (C=O) groups excluding carboxylic acids is 1. The third-order valence-corrected chi connectivity index (χ3v) is 3.34. The molecule has 1 amide bonds. The van der Waals surface area contributed by atoms with Crippen molar-refractivity contribution in [1.29, 1.82) is 0 Å². The lowest BCUT2D eigenvalue weighted by atomic mass is 10.2. The van der Waals surface area contributed by atoms with Gasteiger partial charge in [0.15, 0.2) is 6.10 Å². The quantitative estimate of drug-likeness (QED) is 0.816. The number of rotatable bonds is 4. The van der Waals surface area contributed by atoms with Crippen molar-refractivity contribution in [3.63, 3.8) is 0 Å². The highest BCUT2D eigenvalue weighted by molar-refractivity contribution is 6.32. The minimum absolute atomic E-state index is 0.0667. The summed E-state index contributed by atoms with van der Waals surface area (Å²) in [5.74, 6) is -1.30. The molecule has 1 unspecified atom stereocenters. The highest BCUT2D eigenvalue weighted by atomic mass is 35.5. The summed E-state index contributed by atoms with van der Waals surface area (Å²) in [4.78, 5) is 12.0. The Hall–Kier alpha value is -1.98. The number of ether oxygens (including phenoxy) is 1. The second-order valence-electron chi connectivity index (χ2n) is 4.49. The summed E-state index contributed by atoms with van der Waals surface area (Å²) in [6, 6.07) is 8.43. The number of hydrogen-bond acceptors (Lipinski definition) is 3. The van der Waals surface area contributed by atoms with Crippen molar-refractivity contribution in [1.82, 2.24) is 0 Å². The SMILES string of the molecule is CC(Oc1ccc(Cl)cc1)C(=O)Nc1cc(Cl)c(O)cc1F. The van der Waals surface area contributed by atoms with E-state index in [-0.39, 0.29) is 10.7 Å². The molecule has 22 heavy (non-hydrogen) atoms. The molecular weight excluding hydrogens is 332 g/mol. The molecule has 2 rings (SSSR count). The van der Waals surface area contributed by atoms with Gasteiger partial charge < -0.3 is 15.2 Å². The second-order valence-corrected chi connectivity index (χ2v) is 5.33. The monoisotopic (exact) mass is 343 g/mol. The maximum absolute atomic E-state index is 13.6. The number of anilines is 1. The predicted molar refractivity (Wildman–Crippen MR) is 83.2 cm³/mol. The fourth-order valence-electron chi connectivity index (χ4n) is 1.64. The molecule has 7 heteroatoms. The lowest BCUT2D eigenvalue weighted by Gasteiger charge is -2.15. The third kappa shape index (κ3) is 4.02. The summed E-state index contributed by atoms with van der Waals surface area (Å²) in [6.45, 7) is 1.52. The fraction of sp³-hybridized carbons (Fsp3) is 0.133. The minimum atomic E-state index is -0.867. The van der Waals surface area contributed by atoms with Gasteiger partial charge in [0.1, 0.15) is 17.3 Å². The molecule has 0 saturated heterocycles. The fourth-order valence-corrected chi connectivity index (χ4v) is 1.93. The Labute approximate surface area is 136 Å². The van der Waals surface area contributed by atoms with E-state index in [2.05, 4.69) is 5.32 Å². The molecule has 0 aliphatic rings. The smallest absolute Gasteiger partial charge is 0.265 e. The first-order valence-corrected chi connectivity index (χ1v) is 7.03. The molecule has 1 atom stereocenters. The van der Waals surface area contributed by atoms with E-state index >= 15 is 0 Å². The molecule has 0 heterocycles. The Bertz CT molecular complexity index is 692. The van der Waals surface area contributed by atoms with Crippen LogP contribution in [0.2, 0.25) is 10.0 Å². The number of halogens is 3. The number of benzene rings is 2. The van der Waals surface area contributed by atoms with Gasteiger partial charge in [0.2, 0.25) is 0 Å². The average Bonchev–Trinajstić information content (AvgIpc) is 2.47. The van der Waals surface area contributed by atoms with Gasteiger partial charge in [0.05, 0.1) is 10.7 Å². The third-order valence-electron chi connectivity index (χ3n) is 2.79. The van der Waals surface area contributed by atoms with Crippen LogP contribution in [0.5, 0.6) is 11.5 Å². The van der Waals surface area contributed by atoms with E-state index in [1.165, 1.54) is 6.92 Å². The van der Waals surface area contributed by atoms with Crippen LogP contribution in [0.25, 0.3) is 0 Å². The van der Waals surface area contributed by atoms with Crippen molar-refractivity contribution in [2.75, 3.05) is 5.32 Å². The Balaban J connectivity index is 2.05. The molecular formula is C15H12Cl2FNO3. The van der Waals surface area contributed by atoms with Gasteiger partial charge in [-0.15, -0.1) is 0 Å². The molecule has 0 aliphatic heterocycles. The predicted octanol–water partition coefficient (Wildman–Crippen LogP) is 4.24. The zero-order chi connectivity index (χ0) is 16.3. The number of nitrogens with one attached hydrogen (secondary N) is 1. The molecule has 116 valence electrons. The van der Waals surface area contributed by atoms with Gasteiger partial charge in [-0.3, -0.25) is 4.79 Å². The van der Waals surface area contributed by atoms with E-state index in [0.29, 0.717) is 10.8 Å². The average molecular weight is 344 g/mol. The van der Waals surface area contributed by atoms with Crippen molar-refractivity contribution < 1.29 is 19.0 Å². The molecule has 0 bridgehead atoms. The molecule has 4 nitrogen and oxygen atoms in total. The van der Waals surface area contributed by atoms with Crippen LogP contribution in [0.4, 0.5) is 10.1 Å². The number of aromatic hydroxyl groups is 1. The van der Waals surface area contributed by atoms with Crippen LogP contribution in [0.15, 0.2) is 36.4 Å². The highest BCUT2D eigenvalue weighted by Crippen LogP contribution is 2.29. The lowest BCUT2D eigenvalue weighted by Crippen LogP contribution is -2.30. The largest absolute Gasteiger partial charge is 0.506 e. The van der Waals surface area contributed by atoms with Crippen LogP contribution in [0.1, 0.15) is 6.92 Å². The molecule has 2 N–H and O–H groups in total. The molecule has 0 spiro atoms. The second kappa shape index (κ2) is 6.85. The highest BCUT2D eigenvalue weighted by Gasteiger charge is 2.17. The number of phenols is 1. The van der Waals surface area contributed by atoms with Crippen molar-refractivity contribution in [2.24, 2.45) is 0 Å². The minimum Gasteiger partial charge on any atom is -0.506 e. The zero-order valence-corrected chi connectivity index (χ0v) is 13.0. The van der Waals surface area contributed by atoms with Crippen LogP contribution >= 0.6 is 23.2 Å². The molecule has 0 aromatic heterocycles. The van der Waals surface area contributed by atoms with Crippen LogP contribution in [-0.4, -0.2) is 17.1 Å². The van der Waals surface area contributed by atoms with Gasteiger partial charge in [-0.2, -0.15) is 0 Å². The van der Waals surface area contributed by atoms with Crippen molar-refractivity contribution in [3.8, 4) is 11.5 Å². The molecule has 0 radical (unpaired) electrons. The molecule has 2 aromatic carbocycles. The summed E-state index contributed by atoms with van der Waals surface area (Å²) >= 11 is 11.4. The van der Waals surface area contributed by atoms with Gasteiger partial charge >= 0.3 is 0 Å². The number of phenolic OH excluding ortho intramolecular Hbond substituents is 1. The Morgan fingerprint density at radius 1 is 1.27 bits per heavy atom. The first-order valence-electron chi connectivity index (χ1n) is 6.28. The summed E-state index contributed by atoms with van der Waals surface area (Å²) in [5, 5.41) is 12.1. The number of carbonyl (C=O) groups is 1. The van der Waals surface area contributed by atoms with Crippen LogP contribution in [0.3, 0.4) is 0 Å². The van der Waals surface area contributed by atoms with Crippen LogP contribution < -0.4 is 10.1 Å². The summed E-state index contributed by atoms with van der Waals surface area (Å²) in [7, 11) is 0. The molecule has 0 fully saturated rings. The molecule has 0 saturated carbocycles. The van der Waals surface area contributed by atoms with Crippen molar-refractivity contribution in [3.05, 3.63) is 52.3 Å². The van der Waals surface area contributed by atoms with Gasteiger partial charge in [-0.1, -0.05) is 23.2 Å². The Morgan fingerprint density at radius 2 is 1.91 bits per heavy atom. The van der Waals surface area contributed by atoms with E-state index in [1.807, 2.05) is 0 Å².